The smallest absolute Gasteiger partial charge is 0.200 e. The molecule has 3 nitrogen and oxygen atoms in total. The monoisotopic (exact) mass is 313 g/mol. The van der Waals surface area contributed by atoms with E-state index in [0.717, 1.165) is 26.1 Å². The van der Waals surface area contributed by atoms with E-state index in [1.807, 2.05) is 0 Å². The zero-order valence-electron chi connectivity index (χ0n) is 14.8. The van der Waals surface area contributed by atoms with Crippen LogP contribution in [-0.4, -0.2) is 50.2 Å². The highest BCUT2D eigenvalue weighted by atomic mass is 28.4. The normalized spacial score (nSPS) is 33.4. The molecule has 0 aromatic carbocycles. The molecule has 2 bridgehead atoms. The number of hydrogen-bond acceptors (Lipinski definition) is 3. The maximum Gasteiger partial charge on any atom is 0.200 e. The summed E-state index contributed by atoms with van der Waals surface area (Å²) in [7, 11) is -1.75. The fourth-order valence-electron chi connectivity index (χ4n) is 5.02. The molecule has 0 amide bonds. The predicted molar refractivity (Wildman–Crippen MR) is 91.1 cm³/mol. The standard InChI is InChI=1S/C17H35NO2Si/c1-12(2)21(13(3)4,14(5)6)20-11-16-9-15-7-8-18(16)10-17(15)19/h12-17,19H,7-11H2,1-6H3/t15-,16+,17+/m0/s1. The molecule has 0 aromatic rings. The first-order chi connectivity index (χ1) is 9.79. The summed E-state index contributed by atoms with van der Waals surface area (Å²) < 4.78 is 6.76. The van der Waals surface area contributed by atoms with Crippen LogP contribution in [0.5, 0.6) is 0 Å². The number of nitrogens with zero attached hydrogens (tertiary/aromatic N) is 1. The molecule has 0 spiro atoms. The van der Waals surface area contributed by atoms with Gasteiger partial charge in [0.25, 0.3) is 0 Å². The van der Waals surface area contributed by atoms with Gasteiger partial charge in [0.2, 0.25) is 0 Å². The summed E-state index contributed by atoms with van der Waals surface area (Å²) in [4.78, 5) is 2.46. The third-order valence-electron chi connectivity index (χ3n) is 6.08. The van der Waals surface area contributed by atoms with E-state index in [9.17, 15) is 5.11 Å². The van der Waals surface area contributed by atoms with Gasteiger partial charge in [-0.05, 0) is 41.9 Å². The van der Waals surface area contributed by atoms with Crippen LogP contribution in [0.25, 0.3) is 0 Å². The van der Waals surface area contributed by atoms with E-state index < -0.39 is 8.32 Å². The van der Waals surface area contributed by atoms with Gasteiger partial charge in [-0.25, -0.2) is 0 Å². The molecule has 0 aliphatic carbocycles. The Kier molecular flexibility index (Phi) is 5.56. The molecule has 124 valence electrons. The molecule has 3 saturated heterocycles. The minimum Gasteiger partial charge on any atom is -0.414 e. The Morgan fingerprint density at radius 1 is 1.10 bits per heavy atom. The second-order valence-corrected chi connectivity index (χ2v) is 13.6. The van der Waals surface area contributed by atoms with Gasteiger partial charge >= 0.3 is 0 Å². The summed E-state index contributed by atoms with van der Waals surface area (Å²) in [5.74, 6) is 0.511. The third-order valence-corrected chi connectivity index (χ3v) is 12.2. The first kappa shape index (κ1) is 17.5. The summed E-state index contributed by atoms with van der Waals surface area (Å²) in [5, 5.41) is 10.0. The Labute approximate surface area is 132 Å². The minimum atomic E-state index is -1.75. The zero-order chi connectivity index (χ0) is 15.8. The minimum absolute atomic E-state index is 0.0997. The van der Waals surface area contributed by atoms with Crippen molar-refractivity contribution in [3.63, 3.8) is 0 Å². The van der Waals surface area contributed by atoms with E-state index in [-0.39, 0.29) is 6.10 Å². The SMILES string of the molecule is CC(C)[Si](OC[C@H]1C[C@@H]2CCN1C[C@H]2O)(C(C)C)C(C)C. The number of rotatable bonds is 6. The van der Waals surface area contributed by atoms with Crippen LogP contribution in [0.1, 0.15) is 54.4 Å². The Bertz CT molecular complexity index is 324. The molecular formula is C17H35NO2Si. The van der Waals surface area contributed by atoms with E-state index in [1.165, 1.54) is 6.42 Å². The quantitative estimate of drug-likeness (QED) is 0.760. The molecule has 3 aliphatic heterocycles. The highest BCUT2D eigenvalue weighted by Crippen LogP contribution is 2.43. The number of aliphatic hydroxyl groups excluding tert-OH is 1. The molecule has 0 radical (unpaired) electrons. The van der Waals surface area contributed by atoms with Gasteiger partial charge in [0.05, 0.1) is 6.10 Å². The highest BCUT2D eigenvalue weighted by Gasteiger charge is 2.47. The Hall–Kier alpha value is 0.0969. The average molecular weight is 314 g/mol. The fourth-order valence-corrected chi connectivity index (χ4v) is 10.5. The van der Waals surface area contributed by atoms with Gasteiger partial charge in [-0.3, -0.25) is 4.90 Å². The lowest BCUT2D eigenvalue weighted by Crippen LogP contribution is -2.59. The van der Waals surface area contributed by atoms with Crippen LogP contribution in [0.2, 0.25) is 16.6 Å². The van der Waals surface area contributed by atoms with Crippen molar-refractivity contribution in [1.29, 1.82) is 0 Å². The first-order valence-electron chi connectivity index (χ1n) is 8.85. The van der Waals surface area contributed by atoms with Gasteiger partial charge < -0.3 is 9.53 Å². The summed E-state index contributed by atoms with van der Waals surface area (Å²) in [5.41, 5.74) is 1.96. The summed E-state index contributed by atoms with van der Waals surface area (Å²) >= 11 is 0. The predicted octanol–water partition coefficient (Wildman–Crippen LogP) is 3.63. The Balaban J connectivity index is 2.03. The van der Waals surface area contributed by atoms with Crippen molar-refractivity contribution in [3.8, 4) is 0 Å². The number of piperidine rings is 3. The lowest BCUT2D eigenvalue weighted by molar-refractivity contribution is -0.0661. The summed E-state index contributed by atoms with van der Waals surface area (Å²) in [6, 6.07) is 0.537. The Morgan fingerprint density at radius 3 is 2.05 bits per heavy atom. The highest BCUT2D eigenvalue weighted by molar-refractivity contribution is 6.77. The third kappa shape index (κ3) is 3.24. The summed E-state index contributed by atoms with van der Waals surface area (Å²) in [6.45, 7) is 17.0. The van der Waals surface area contributed by atoms with E-state index in [0.29, 0.717) is 28.6 Å². The number of fused-ring (bicyclic) bond motifs is 3. The van der Waals surface area contributed by atoms with Crippen molar-refractivity contribution in [2.24, 2.45) is 5.92 Å². The maximum absolute atomic E-state index is 10.0. The van der Waals surface area contributed by atoms with Gasteiger partial charge in [0.1, 0.15) is 0 Å². The lowest BCUT2D eigenvalue weighted by atomic mass is 9.81. The largest absolute Gasteiger partial charge is 0.414 e. The van der Waals surface area contributed by atoms with E-state index in [1.54, 1.807) is 0 Å². The maximum atomic E-state index is 10.0. The van der Waals surface area contributed by atoms with Crippen LogP contribution in [0.4, 0.5) is 0 Å². The molecular weight excluding hydrogens is 278 g/mol. The molecule has 0 saturated carbocycles. The van der Waals surface area contributed by atoms with Gasteiger partial charge in [-0.1, -0.05) is 41.5 Å². The van der Waals surface area contributed by atoms with E-state index in [4.69, 9.17) is 4.43 Å². The van der Waals surface area contributed by atoms with Gasteiger partial charge in [0, 0.05) is 19.2 Å². The molecule has 21 heavy (non-hydrogen) atoms. The van der Waals surface area contributed by atoms with Crippen molar-refractivity contribution in [2.75, 3.05) is 19.7 Å². The summed E-state index contributed by atoms with van der Waals surface area (Å²) in [6.07, 6.45) is 2.19. The molecule has 0 aromatic heterocycles. The number of aliphatic hydroxyl groups is 1. The molecule has 3 heterocycles. The second-order valence-electron chi connectivity index (χ2n) is 8.13. The van der Waals surface area contributed by atoms with Crippen LogP contribution >= 0.6 is 0 Å². The van der Waals surface area contributed by atoms with Crippen molar-refractivity contribution in [3.05, 3.63) is 0 Å². The van der Waals surface area contributed by atoms with Crippen LogP contribution in [0.3, 0.4) is 0 Å². The van der Waals surface area contributed by atoms with Crippen LogP contribution in [-0.2, 0) is 4.43 Å². The lowest BCUT2D eigenvalue weighted by Gasteiger charge is -2.50. The van der Waals surface area contributed by atoms with Crippen molar-refractivity contribution in [1.82, 2.24) is 4.90 Å². The molecule has 4 heteroatoms. The topological polar surface area (TPSA) is 32.7 Å². The second kappa shape index (κ2) is 6.69. The Morgan fingerprint density at radius 2 is 1.67 bits per heavy atom. The number of hydrogen-bond donors (Lipinski definition) is 1. The van der Waals surface area contributed by atoms with Gasteiger partial charge in [0.15, 0.2) is 8.32 Å². The van der Waals surface area contributed by atoms with Crippen LogP contribution in [0.15, 0.2) is 0 Å². The first-order valence-corrected chi connectivity index (χ1v) is 11.0. The van der Waals surface area contributed by atoms with E-state index >= 15 is 0 Å². The van der Waals surface area contributed by atoms with E-state index in [2.05, 4.69) is 46.4 Å². The molecule has 3 aliphatic rings. The molecule has 4 atom stereocenters. The van der Waals surface area contributed by atoms with Gasteiger partial charge in [-0.2, -0.15) is 0 Å². The molecule has 3 fully saturated rings. The molecule has 1 unspecified atom stereocenters. The van der Waals surface area contributed by atoms with Gasteiger partial charge in [-0.15, -0.1) is 0 Å². The average Bonchev–Trinajstić information content (AvgIpc) is 2.39. The molecule has 3 rings (SSSR count). The fraction of sp³-hybridized carbons (Fsp3) is 1.00. The van der Waals surface area contributed by atoms with Crippen molar-refractivity contribution >= 4 is 8.32 Å². The zero-order valence-corrected chi connectivity index (χ0v) is 15.8. The van der Waals surface area contributed by atoms with Crippen LogP contribution in [0, 0.1) is 5.92 Å². The van der Waals surface area contributed by atoms with Crippen LogP contribution < -0.4 is 0 Å². The van der Waals surface area contributed by atoms with Crippen molar-refractivity contribution in [2.45, 2.75) is 83.2 Å². The molecule has 1 N–H and O–H groups in total. The van der Waals surface area contributed by atoms with Crippen molar-refractivity contribution < 1.29 is 9.53 Å².